The third kappa shape index (κ3) is 16.2. The van der Waals surface area contributed by atoms with Crippen LogP contribution in [0.3, 0.4) is 0 Å². The number of carbonyl (C=O) groups is 3. The van der Waals surface area contributed by atoms with Gasteiger partial charge in [-0.05, 0) is 156 Å². The number of piperazine rings is 3. The van der Waals surface area contributed by atoms with Crippen molar-refractivity contribution in [3.8, 4) is 50.6 Å². The molecule has 0 bridgehead atoms. The van der Waals surface area contributed by atoms with Gasteiger partial charge < -0.3 is 44.7 Å². The Kier molecular flexibility index (Phi) is 24.8. The summed E-state index contributed by atoms with van der Waals surface area (Å²) >= 11 is 19.7. The summed E-state index contributed by atoms with van der Waals surface area (Å²) < 4.78 is 93.4. The van der Waals surface area contributed by atoms with Crippen molar-refractivity contribution in [1.82, 2.24) is 59.3 Å². The molecule has 9 heterocycles. The molecular formula is C87H96Cl3F6N15O6. The van der Waals surface area contributed by atoms with Gasteiger partial charge in [0.2, 0.25) is 17.7 Å². The first-order chi connectivity index (χ1) is 55.5. The average Bonchev–Trinajstić information content (AvgIpc) is 0.745. The van der Waals surface area contributed by atoms with Gasteiger partial charge >= 0.3 is 0 Å². The Balaban J connectivity index is 0.000000152. The fraction of sp³-hybridized carbons (Fsp3) is 0.414. The maximum atomic E-state index is 16.3. The number of anilines is 3. The number of halogens is 9. The predicted octanol–water partition coefficient (Wildman–Crippen LogP) is 16.1. The summed E-state index contributed by atoms with van der Waals surface area (Å²) in [5.41, 5.74) is -1.59. The van der Waals surface area contributed by atoms with E-state index in [0.29, 0.717) is 108 Å². The molecule has 6 atom stereocenters. The number of hydrogen-bond donors (Lipinski definition) is 3. The second-order valence-corrected chi connectivity index (χ2v) is 33.5. The summed E-state index contributed by atoms with van der Waals surface area (Å²) in [4.78, 5) is 84.3. The average molecular weight is 1670 g/mol. The van der Waals surface area contributed by atoms with E-state index in [1.165, 1.54) is 54.6 Å². The Hall–Kier alpha value is -9.90. The van der Waals surface area contributed by atoms with E-state index in [2.05, 4.69) is 106 Å². The molecule has 15 rings (SSSR count). The quantitative estimate of drug-likeness (QED) is 0.0642. The van der Waals surface area contributed by atoms with Crippen LogP contribution in [0.2, 0.25) is 15.1 Å². The SMILES string of the molecule is C=CC(=O)N1C[C@H](C)N(c2nc(C3CN(C(C)C)C3)nc3c(F)c(-c4c(O)cccc4F)c(Cl)cc23)C[C@H]1C.C=CC(=O)N1C[C@H](C)N(c2nc(C3CN(C(C)C)C3)nc3c(F)c(-c4c(O)cccc4F)c(Cl)cc23)C[C@H]1C.C=CC(=O)N1C[C@H](C)N(c2nc(C3CN(C(C)C)C3)nc3c(F)c(-c4c(O)cccc4F)c(Cl)cc23)C[C@H]1C. The number of phenolic OH excluding ortho intramolecular Hbond substituents is 3. The second-order valence-electron chi connectivity index (χ2n) is 32.3. The molecule has 618 valence electrons. The number of rotatable bonds is 15. The molecule has 0 aliphatic carbocycles. The Morgan fingerprint density at radius 1 is 0.376 bits per heavy atom. The number of nitrogens with zero attached hydrogens (tertiary/aromatic N) is 15. The van der Waals surface area contributed by atoms with E-state index >= 15 is 13.2 Å². The molecule has 3 aromatic heterocycles. The molecule has 0 radical (unpaired) electrons. The molecular weight excluding hydrogens is 1570 g/mol. The van der Waals surface area contributed by atoms with E-state index in [4.69, 9.17) is 49.8 Å². The van der Waals surface area contributed by atoms with Crippen molar-refractivity contribution in [3.05, 3.63) is 178 Å². The predicted molar refractivity (Wildman–Crippen MR) is 448 cm³/mol. The number of aromatic nitrogens is 6. The number of benzene rings is 6. The second kappa shape index (κ2) is 34.2. The normalized spacial score (nSPS) is 20.5. The van der Waals surface area contributed by atoms with Crippen molar-refractivity contribution in [3.63, 3.8) is 0 Å². The molecule has 0 unspecified atom stereocenters. The lowest BCUT2D eigenvalue weighted by atomic mass is 9.96. The summed E-state index contributed by atoms with van der Waals surface area (Å²) in [6, 6.07) is 16.2. The maximum Gasteiger partial charge on any atom is 0.246 e. The Labute approximate surface area is 691 Å². The number of amides is 3. The lowest BCUT2D eigenvalue weighted by Crippen LogP contribution is -2.58. The van der Waals surface area contributed by atoms with E-state index < -0.39 is 52.2 Å². The zero-order chi connectivity index (χ0) is 84.5. The summed E-state index contributed by atoms with van der Waals surface area (Å²) in [5, 5.41) is 32.2. The van der Waals surface area contributed by atoms with Gasteiger partial charge in [-0.3, -0.25) is 29.1 Å². The zero-order valence-corrected chi connectivity index (χ0v) is 69.6. The van der Waals surface area contributed by atoms with E-state index in [9.17, 15) is 42.9 Å². The van der Waals surface area contributed by atoms with Gasteiger partial charge in [-0.2, -0.15) is 0 Å². The van der Waals surface area contributed by atoms with Crippen molar-refractivity contribution < 1.29 is 56.0 Å². The molecule has 6 aromatic carbocycles. The minimum atomic E-state index is -0.816. The lowest BCUT2D eigenvalue weighted by molar-refractivity contribution is -0.129. The van der Waals surface area contributed by atoms with Crippen LogP contribution in [0.25, 0.3) is 66.1 Å². The molecule has 3 amide bonds. The summed E-state index contributed by atoms with van der Waals surface area (Å²) in [7, 11) is 0. The van der Waals surface area contributed by atoms with Gasteiger partial charge in [0.05, 0.1) is 31.8 Å². The Bertz CT molecular complexity index is 4840. The van der Waals surface area contributed by atoms with Crippen LogP contribution in [0.15, 0.2) is 111 Å². The van der Waals surface area contributed by atoms with Crippen molar-refractivity contribution >= 4 is 103 Å². The van der Waals surface area contributed by atoms with Crippen LogP contribution in [0, 0.1) is 34.9 Å². The van der Waals surface area contributed by atoms with Gasteiger partial charge in [0.1, 0.15) is 86.2 Å². The molecule has 0 saturated carbocycles. The minimum absolute atomic E-state index is 0.00676. The molecule has 117 heavy (non-hydrogen) atoms. The first kappa shape index (κ1) is 85.0. The molecule has 0 spiro atoms. The van der Waals surface area contributed by atoms with Crippen molar-refractivity contribution in [2.45, 2.75) is 155 Å². The molecule has 6 aliphatic rings. The minimum Gasteiger partial charge on any atom is -0.507 e. The molecule has 6 aliphatic heterocycles. The number of phenols is 3. The largest absolute Gasteiger partial charge is 0.507 e. The topological polar surface area (TPSA) is 218 Å². The molecule has 21 nitrogen and oxygen atoms in total. The first-order valence-electron chi connectivity index (χ1n) is 39.4. The van der Waals surface area contributed by atoms with Crippen LogP contribution in [-0.4, -0.2) is 225 Å². The summed E-state index contributed by atoms with van der Waals surface area (Å²) in [6.07, 6.45) is 3.93. The highest BCUT2D eigenvalue weighted by Crippen LogP contribution is 2.49. The van der Waals surface area contributed by atoms with Crippen LogP contribution in [0.5, 0.6) is 17.2 Å². The van der Waals surface area contributed by atoms with Crippen molar-refractivity contribution in [1.29, 1.82) is 0 Å². The van der Waals surface area contributed by atoms with Gasteiger partial charge in [0.25, 0.3) is 0 Å². The van der Waals surface area contributed by atoms with E-state index in [1.807, 2.05) is 41.5 Å². The highest BCUT2D eigenvalue weighted by molar-refractivity contribution is 6.35. The van der Waals surface area contributed by atoms with Crippen molar-refractivity contribution in [2.75, 3.05) is 93.2 Å². The van der Waals surface area contributed by atoms with E-state index in [0.717, 1.165) is 57.5 Å². The number of likely N-dealkylation sites (tertiary alicyclic amines) is 3. The zero-order valence-electron chi connectivity index (χ0n) is 67.4. The van der Waals surface area contributed by atoms with Crippen LogP contribution in [0.1, 0.15) is 118 Å². The van der Waals surface area contributed by atoms with E-state index in [1.54, 1.807) is 32.9 Å². The summed E-state index contributed by atoms with van der Waals surface area (Å²) in [5.74, 6) is -3.40. The highest BCUT2D eigenvalue weighted by Gasteiger charge is 2.42. The van der Waals surface area contributed by atoms with Gasteiger partial charge in [0.15, 0.2) is 17.5 Å². The summed E-state index contributed by atoms with van der Waals surface area (Å²) in [6.45, 7) is 42.5. The van der Waals surface area contributed by atoms with E-state index in [-0.39, 0.29) is 137 Å². The third-order valence-corrected chi connectivity index (χ3v) is 24.4. The highest BCUT2D eigenvalue weighted by atomic mass is 35.5. The number of aromatic hydroxyl groups is 3. The monoisotopic (exact) mass is 1670 g/mol. The van der Waals surface area contributed by atoms with Crippen LogP contribution in [0.4, 0.5) is 43.8 Å². The number of fused-ring (bicyclic) bond motifs is 3. The fourth-order valence-corrected chi connectivity index (χ4v) is 17.5. The number of carbonyl (C=O) groups excluding carboxylic acids is 3. The van der Waals surface area contributed by atoms with Crippen LogP contribution < -0.4 is 14.7 Å². The Morgan fingerprint density at radius 3 is 0.829 bits per heavy atom. The first-order valence-corrected chi connectivity index (χ1v) is 40.5. The molecule has 9 aromatic rings. The van der Waals surface area contributed by atoms with Crippen LogP contribution in [-0.2, 0) is 14.4 Å². The standard InChI is InChI=1S/3C29H32ClF2N5O2/c3*1-6-23(39)36-11-17(5)37(12-16(36)4)29-19-10-20(30)24(25-21(31)8-7-9-22(25)38)26(32)27(19)33-28(34-29)18-13-35(14-18)15(2)3/h3*6-10,15-18,38H,1,11-14H2,2-5H3/t3*16-,17+/m111/s1. The third-order valence-electron chi connectivity index (χ3n) is 23.5. The van der Waals surface area contributed by atoms with Gasteiger partial charge in [0, 0.05) is 184 Å². The van der Waals surface area contributed by atoms with Gasteiger partial charge in [-0.15, -0.1) is 0 Å². The fourth-order valence-electron chi connectivity index (χ4n) is 16.6. The smallest absolute Gasteiger partial charge is 0.246 e. The van der Waals surface area contributed by atoms with Crippen LogP contribution >= 0.6 is 34.8 Å². The Morgan fingerprint density at radius 2 is 0.615 bits per heavy atom. The molecule has 6 fully saturated rings. The molecule has 6 saturated heterocycles. The lowest BCUT2D eigenvalue weighted by Gasteiger charge is -2.45. The van der Waals surface area contributed by atoms with Crippen molar-refractivity contribution in [2.24, 2.45) is 0 Å². The number of hydrogen-bond acceptors (Lipinski definition) is 18. The molecule has 3 N–H and O–H groups in total. The van der Waals surface area contributed by atoms with Gasteiger partial charge in [-0.25, -0.2) is 56.2 Å². The maximum absolute atomic E-state index is 16.3. The van der Waals surface area contributed by atoms with Gasteiger partial charge in [-0.1, -0.05) is 72.7 Å². The molecule has 30 heteroatoms.